The highest BCUT2D eigenvalue weighted by Crippen LogP contribution is 2.34. The number of benzene rings is 2. The fraction of sp³-hybridized carbons (Fsp3) is 0.0500. The molecule has 0 bridgehead atoms. The van der Waals surface area contributed by atoms with Gasteiger partial charge in [0.25, 0.3) is 0 Å². The lowest BCUT2D eigenvalue weighted by Gasteiger charge is -2.20. The van der Waals surface area contributed by atoms with Gasteiger partial charge in [0.2, 0.25) is 0 Å². The Kier molecular flexibility index (Phi) is 3.63. The van der Waals surface area contributed by atoms with Crippen LogP contribution in [0, 0.1) is 0 Å². The Hall–Kier alpha value is -3.27. The molecule has 0 aliphatic carbocycles. The van der Waals surface area contributed by atoms with Crippen molar-refractivity contribution >= 4 is 5.69 Å². The first-order valence-electron chi connectivity index (χ1n) is 7.88. The van der Waals surface area contributed by atoms with Gasteiger partial charge in [-0.3, -0.25) is 0 Å². The average Bonchev–Trinajstić information content (AvgIpc) is 3.30. The van der Waals surface area contributed by atoms with Crippen molar-refractivity contribution in [1.29, 1.82) is 0 Å². The zero-order valence-corrected chi connectivity index (χ0v) is 13.1. The zero-order valence-electron chi connectivity index (χ0n) is 13.1. The molecule has 118 valence electrons. The molecule has 0 spiro atoms. The van der Waals surface area contributed by atoms with Gasteiger partial charge in [0.05, 0.1) is 12.4 Å². The zero-order chi connectivity index (χ0) is 16.4. The van der Waals surface area contributed by atoms with Gasteiger partial charge in [-0.05, 0) is 23.3 Å². The smallest absolute Gasteiger partial charge is 0.0954 e. The van der Waals surface area contributed by atoms with Crippen LogP contribution in [0.5, 0.6) is 0 Å². The highest BCUT2D eigenvalue weighted by atomic mass is 15.1. The van der Waals surface area contributed by atoms with Crippen molar-refractivity contribution in [1.82, 2.24) is 14.5 Å². The molecule has 24 heavy (non-hydrogen) atoms. The third-order valence-electron chi connectivity index (χ3n) is 4.23. The van der Waals surface area contributed by atoms with Gasteiger partial charge in [0.15, 0.2) is 0 Å². The predicted octanol–water partition coefficient (Wildman–Crippen LogP) is 4.10. The van der Waals surface area contributed by atoms with Crippen LogP contribution in [-0.4, -0.2) is 14.5 Å². The summed E-state index contributed by atoms with van der Waals surface area (Å²) in [5.74, 6) is 0. The van der Waals surface area contributed by atoms with Crippen LogP contribution in [0.4, 0.5) is 5.69 Å². The van der Waals surface area contributed by atoms with Gasteiger partial charge in [-0.2, -0.15) is 0 Å². The van der Waals surface area contributed by atoms with Gasteiger partial charge in [-0.25, -0.2) is 4.98 Å². The Morgan fingerprint density at radius 2 is 1.75 bits per heavy atom. The summed E-state index contributed by atoms with van der Waals surface area (Å²) >= 11 is 0. The van der Waals surface area contributed by atoms with E-state index in [4.69, 9.17) is 5.73 Å². The van der Waals surface area contributed by atoms with Gasteiger partial charge in [-0.15, -0.1) is 0 Å². The van der Waals surface area contributed by atoms with Crippen LogP contribution in [-0.2, 0) is 0 Å². The Bertz CT molecular complexity index is 906. The van der Waals surface area contributed by atoms with Gasteiger partial charge >= 0.3 is 0 Å². The molecule has 0 saturated heterocycles. The van der Waals surface area contributed by atoms with Crippen molar-refractivity contribution < 1.29 is 0 Å². The Labute approximate surface area is 140 Å². The fourth-order valence-corrected chi connectivity index (χ4v) is 3.08. The van der Waals surface area contributed by atoms with Crippen molar-refractivity contribution in [2.24, 2.45) is 0 Å². The topological polar surface area (TPSA) is 59.6 Å². The molecule has 4 nitrogen and oxygen atoms in total. The highest BCUT2D eigenvalue weighted by molar-refractivity contribution is 5.68. The quantitative estimate of drug-likeness (QED) is 0.557. The van der Waals surface area contributed by atoms with Crippen molar-refractivity contribution in [2.75, 3.05) is 5.73 Å². The minimum atomic E-state index is 0.0366. The Morgan fingerprint density at radius 3 is 2.46 bits per heavy atom. The summed E-state index contributed by atoms with van der Waals surface area (Å²) in [6.45, 7) is 0. The minimum absolute atomic E-state index is 0.0366. The summed E-state index contributed by atoms with van der Waals surface area (Å²) in [6, 6.07) is 18.5. The molecular weight excluding hydrogens is 296 g/mol. The van der Waals surface area contributed by atoms with Crippen LogP contribution in [0.15, 0.2) is 85.7 Å². The number of hydrogen-bond acceptors (Lipinski definition) is 2. The van der Waals surface area contributed by atoms with Gasteiger partial charge in [0.1, 0.15) is 0 Å². The van der Waals surface area contributed by atoms with E-state index in [0.29, 0.717) is 0 Å². The van der Waals surface area contributed by atoms with Crippen LogP contribution < -0.4 is 5.73 Å². The predicted molar refractivity (Wildman–Crippen MR) is 96.6 cm³/mol. The maximum absolute atomic E-state index is 5.86. The first-order chi connectivity index (χ1) is 11.8. The molecule has 1 atom stereocenters. The molecule has 0 fully saturated rings. The molecule has 2 aromatic heterocycles. The molecule has 0 amide bonds. The molecule has 2 aromatic carbocycles. The first-order valence-corrected chi connectivity index (χ1v) is 7.88. The number of nitrogens with zero attached hydrogens (tertiary/aromatic N) is 2. The lowest BCUT2D eigenvalue weighted by Crippen LogP contribution is -2.11. The largest absolute Gasteiger partial charge is 0.399 e. The molecule has 4 rings (SSSR count). The van der Waals surface area contributed by atoms with Crippen LogP contribution in [0.25, 0.3) is 11.1 Å². The summed E-state index contributed by atoms with van der Waals surface area (Å²) in [4.78, 5) is 7.49. The van der Waals surface area contributed by atoms with E-state index in [1.807, 2.05) is 36.9 Å². The third-order valence-corrected chi connectivity index (χ3v) is 4.23. The average molecular weight is 314 g/mol. The SMILES string of the molecule is Nc1ccc([C@@H](c2c[nH]cc2-c2ccccc2)n2ccnc2)cc1. The molecule has 4 aromatic rings. The summed E-state index contributed by atoms with van der Waals surface area (Å²) in [5, 5.41) is 0. The standard InChI is InChI=1S/C20H18N4/c21-17-8-6-16(7-9-17)20(24-11-10-22-14-24)19-13-23-12-18(19)15-4-2-1-3-5-15/h1-14,20,23H,21H2/t20-/m0/s1. The Balaban J connectivity index is 1.87. The van der Waals surface area contributed by atoms with E-state index in [2.05, 4.69) is 57.1 Å². The highest BCUT2D eigenvalue weighted by Gasteiger charge is 2.20. The van der Waals surface area contributed by atoms with E-state index >= 15 is 0 Å². The maximum Gasteiger partial charge on any atom is 0.0954 e. The van der Waals surface area contributed by atoms with E-state index in [-0.39, 0.29) is 6.04 Å². The van der Waals surface area contributed by atoms with Crippen molar-refractivity contribution in [3.8, 4) is 11.1 Å². The van der Waals surface area contributed by atoms with Crippen LogP contribution in [0.1, 0.15) is 17.2 Å². The van der Waals surface area contributed by atoms with Crippen molar-refractivity contribution in [2.45, 2.75) is 6.04 Å². The number of nitrogens with one attached hydrogen (secondary N) is 1. The van der Waals surface area contributed by atoms with E-state index in [9.17, 15) is 0 Å². The number of H-pyrrole nitrogens is 1. The minimum Gasteiger partial charge on any atom is -0.399 e. The number of aromatic nitrogens is 3. The van der Waals surface area contributed by atoms with Crippen molar-refractivity contribution in [3.63, 3.8) is 0 Å². The third kappa shape index (κ3) is 2.58. The summed E-state index contributed by atoms with van der Waals surface area (Å²) in [6.07, 6.45) is 9.75. The lowest BCUT2D eigenvalue weighted by molar-refractivity contribution is 0.679. The van der Waals surface area contributed by atoms with E-state index in [1.165, 1.54) is 22.3 Å². The number of hydrogen-bond donors (Lipinski definition) is 2. The Morgan fingerprint density at radius 1 is 0.958 bits per heavy atom. The lowest BCUT2D eigenvalue weighted by atomic mass is 9.94. The number of nitrogen functional groups attached to an aromatic ring is 1. The molecule has 0 radical (unpaired) electrons. The molecular formula is C20H18N4. The first kappa shape index (κ1) is 14.3. The molecule has 0 unspecified atom stereocenters. The second-order valence-electron chi connectivity index (χ2n) is 5.77. The summed E-state index contributed by atoms with van der Waals surface area (Å²) in [7, 11) is 0. The van der Waals surface area contributed by atoms with Gasteiger partial charge in [-0.1, -0.05) is 42.5 Å². The van der Waals surface area contributed by atoms with E-state index < -0.39 is 0 Å². The molecule has 0 aliphatic rings. The second kappa shape index (κ2) is 6.08. The number of nitrogens with two attached hydrogens (primary N) is 1. The molecule has 0 saturated carbocycles. The van der Waals surface area contributed by atoms with E-state index in [1.54, 1.807) is 6.20 Å². The summed E-state index contributed by atoms with van der Waals surface area (Å²) in [5.41, 5.74) is 11.4. The van der Waals surface area contributed by atoms with Crippen LogP contribution in [0.3, 0.4) is 0 Å². The van der Waals surface area contributed by atoms with Crippen LogP contribution in [0.2, 0.25) is 0 Å². The molecule has 0 aliphatic heterocycles. The second-order valence-corrected chi connectivity index (χ2v) is 5.77. The molecule has 4 heteroatoms. The molecule has 2 heterocycles. The normalized spacial score (nSPS) is 12.2. The number of anilines is 1. The number of aromatic amines is 1. The van der Waals surface area contributed by atoms with E-state index in [0.717, 1.165) is 5.69 Å². The molecule has 3 N–H and O–H groups in total. The summed E-state index contributed by atoms with van der Waals surface area (Å²) < 4.78 is 2.11. The van der Waals surface area contributed by atoms with Crippen LogP contribution >= 0.6 is 0 Å². The number of rotatable bonds is 4. The fourth-order valence-electron chi connectivity index (χ4n) is 3.08. The number of imidazole rings is 1. The van der Waals surface area contributed by atoms with Gasteiger partial charge in [0, 0.05) is 41.6 Å². The van der Waals surface area contributed by atoms with Crippen molar-refractivity contribution in [3.05, 3.63) is 96.8 Å². The maximum atomic E-state index is 5.86. The monoisotopic (exact) mass is 314 g/mol. The van der Waals surface area contributed by atoms with Gasteiger partial charge < -0.3 is 15.3 Å².